The molecule has 0 spiro atoms. The quantitative estimate of drug-likeness (QED) is 0.253. The molecule has 0 amide bonds. The maximum Gasteiger partial charge on any atom is 1.00 e. The Kier molecular flexibility index (Phi) is 10.9. The molecule has 0 saturated heterocycles. The molecule has 0 aromatic heterocycles. The van der Waals surface area contributed by atoms with Crippen LogP contribution in [0.4, 0.5) is 0 Å². The fourth-order valence-corrected chi connectivity index (χ4v) is 2.61. The molecule has 0 radical (unpaired) electrons. The van der Waals surface area contributed by atoms with Crippen LogP contribution < -0.4 is 39.4 Å². The van der Waals surface area contributed by atoms with E-state index in [-0.39, 0.29) is 36.0 Å². The molecule has 6 heteroatoms. The van der Waals surface area contributed by atoms with Crippen LogP contribution in [0.3, 0.4) is 0 Å². The second-order valence-corrected chi connectivity index (χ2v) is 6.55. The van der Waals surface area contributed by atoms with Gasteiger partial charge < -0.3 is 19.5 Å². The molecule has 0 unspecified atom stereocenters. The summed E-state index contributed by atoms with van der Waals surface area (Å²) in [5, 5.41) is 14.9. The maximum absolute atomic E-state index is 10.7. The smallest absolute Gasteiger partial charge is 0.550 e. The fraction of sp³-hybridized carbons (Fsp3) is 0.364. The van der Waals surface area contributed by atoms with E-state index < -0.39 is 5.97 Å². The minimum absolute atomic E-state index is 0. The molecule has 0 fully saturated rings. The van der Waals surface area contributed by atoms with Crippen LogP contribution in [-0.4, -0.2) is 24.9 Å². The molecule has 0 aliphatic rings. The van der Waals surface area contributed by atoms with Gasteiger partial charge in [0.2, 0.25) is 0 Å². The number of carboxylic acid groups (broad SMARTS) is 1. The van der Waals surface area contributed by atoms with Gasteiger partial charge in [-0.15, -0.1) is 0 Å². The van der Waals surface area contributed by atoms with Gasteiger partial charge in [0.05, 0.1) is 5.71 Å². The largest absolute Gasteiger partial charge is 1.00 e. The Labute approximate surface area is 189 Å². The number of aliphatic carboxylic acids is 1. The average molecular weight is 391 g/mol. The van der Waals surface area contributed by atoms with E-state index in [1.165, 1.54) is 5.56 Å². The van der Waals surface area contributed by atoms with Crippen LogP contribution in [0.15, 0.2) is 53.7 Å². The van der Waals surface area contributed by atoms with E-state index in [1.807, 2.05) is 6.92 Å². The van der Waals surface area contributed by atoms with Crippen molar-refractivity contribution in [3.8, 4) is 5.75 Å². The van der Waals surface area contributed by atoms with Crippen LogP contribution in [0.1, 0.15) is 49.8 Å². The summed E-state index contributed by atoms with van der Waals surface area (Å²) in [6.07, 6.45) is 0.639. The van der Waals surface area contributed by atoms with Gasteiger partial charge in [-0.05, 0) is 41.2 Å². The predicted octanol–water partition coefficient (Wildman–Crippen LogP) is 0.316. The van der Waals surface area contributed by atoms with Crippen molar-refractivity contribution < 1.29 is 49.0 Å². The molecule has 28 heavy (non-hydrogen) atoms. The average Bonchev–Trinajstić information content (AvgIpc) is 2.64. The monoisotopic (exact) mass is 391 g/mol. The Morgan fingerprint density at radius 1 is 1.11 bits per heavy atom. The number of nitrogens with zero attached hydrogens (tertiary/aromatic N) is 1. The van der Waals surface area contributed by atoms with E-state index in [1.54, 1.807) is 24.3 Å². The number of hydrogen-bond donors (Lipinski definition) is 0. The van der Waals surface area contributed by atoms with Gasteiger partial charge in [0.1, 0.15) is 12.4 Å². The fourth-order valence-electron chi connectivity index (χ4n) is 2.61. The summed E-state index contributed by atoms with van der Waals surface area (Å²) in [6, 6.07) is 15.3. The number of hydrogen-bond acceptors (Lipinski definition) is 5. The van der Waals surface area contributed by atoms with E-state index in [4.69, 9.17) is 9.57 Å². The van der Waals surface area contributed by atoms with Gasteiger partial charge in [0.25, 0.3) is 0 Å². The third-order valence-corrected chi connectivity index (χ3v) is 4.11. The third kappa shape index (κ3) is 8.05. The number of carbonyl (C=O) groups is 1. The van der Waals surface area contributed by atoms with E-state index in [9.17, 15) is 9.90 Å². The van der Waals surface area contributed by atoms with Gasteiger partial charge in [-0.25, -0.2) is 0 Å². The molecule has 0 atom stereocenters. The van der Waals surface area contributed by atoms with E-state index in [0.29, 0.717) is 30.4 Å². The Morgan fingerprint density at radius 3 is 2.43 bits per heavy atom. The molecule has 0 bridgehead atoms. The number of oxime groups is 1. The van der Waals surface area contributed by atoms with Crippen molar-refractivity contribution in [3.63, 3.8) is 0 Å². The zero-order valence-electron chi connectivity index (χ0n) is 17.1. The van der Waals surface area contributed by atoms with Crippen molar-refractivity contribution in [1.29, 1.82) is 0 Å². The van der Waals surface area contributed by atoms with Crippen LogP contribution in [0.25, 0.3) is 0 Å². The SMILES string of the molecule is CC/C(=N\OCCOc1cccc(CC(=O)[O-])c1)c1ccc(C(C)C)cc1.[Na+]. The van der Waals surface area contributed by atoms with Crippen molar-refractivity contribution in [1.82, 2.24) is 0 Å². The van der Waals surface area contributed by atoms with Gasteiger partial charge in [-0.3, -0.25) is 0 Å². The third-order valence-electron chi connectivity index (χ3n) is 4.11. The number of carbonyl (C=O) groups excluding carboxylic acids is 1. The molecule has 2 aromatic carbocycles. The molecule has 2 aromatic rings. The number of rotatable bonds is 10. The Morgan fingerprint density at radius 2 is 1.82 bits per heavy atom. The summed E-state index contributed by atoms with van der Waals surface area (Å²) in [5.74, 6) is -0.0145. The first kappa shape index (κ1) is 24.2. The van der Waals surface area contributed by atoms with Crippen molar-refractivity contribution in [2.45, 2.75) is 39.5 Å². The minimum Gasteiger partial charge on any atom is -0.550 e. The summed E-state index contributed by atoms with van der Waals surface area (Å²) in [7, 11) is 0. The summed E-state index contributed by atoms with van der Waals surface area (Å²) in [4.78, 5) is 16.0. The van der Waals surface area contributed by atoms with Gasteiger partial charge in [-0.2, -0.15) is 0 Å². The van der Waals surface area contributed by atoms with Crippen LogP contribution >= 0.6 is 0 Å². The zero-order chi connectivity index (χ0) is 19.6. The maximum atomic E-state index is 10.7. The molecule has 0 saturated carbocycles. The first-order valence-corrected chi connectivity index (χ1v) is 9.20. The van der Waals surface area contributed by atoms with Crippen molar-refractivity contribution in [2.24, 2.45) is 5.16 Å². The van der Waals surface area contributed by atoms with Crippen LogP contribution in [0, 0.1) is 0 Å². The van der Waals surface area contributed by atoms with Crippen molar-refractivity contribution in [3.05, 3.63) is 65.2 Å². The van der Waals surface area contributed by atoms with E-state index in [2.05, 4.69) is 43.3 Å². The molecular formula is C22H26NNaO4. The summed E-state index contributed by atoms with van der Waals surface area (Å²) in [6.45, 7) is 7.00. The molecule has 0 N–H and O–H groups in total. The molecule has 0 aliphatic carbocycles. The Hall–Kier alpha value is -1.82. The number of benzene rings is 2. The first-order valence-electron chi connectivity index (χ1n) is 9.20. The van der Waals surface area contributed by atoms with Crippen LogP contribution in [0.2, 0.25) is 0 Å². The van der Waals surface area contributed by atoms with Gasteiger partial charge in [-0.1, -0.05) is 62.3 Å². The molecule has 0 aliphatic heterocycles. The minimum atomic E-state index is -1.11. The summed E-state index contributed by atoms with van der Waals surface area (Å²) < 4.78 is 5.58. The van der Waals surface area contributed by atoms with Gasteiger partial charge in [0.15, 0.2) is 6.61 Å². The molecule has 5 nitrogen and oxygen atoms in total. The number of ether oxygens (including phenoxy) is 1. The molecule has 0 heterocycles. The zero-order valence-corrected chi connectivity index (χ0v) is 19.1. The summed E-state index contributed by atoms with van der Waals surface area (Å²) in [5.41, 5.74) is 3.88. The van der Waals surface area contributed by atoms with E-state index >= 15 is 0 Å². The Balaban J connectivity index is 0.00000392. The van der Waals surface area contributed by atoms with Crippen molar-refractivity contribution >= 4 is 11.7 Å². The number of carboxylic acids is 1. The molecular weight excluding hydrogens is 365 g/mol. The standard InChI is InChI=1S/C22H27NO4.Na/c1-4-21(19-10-8-18(9-11-19)16(2)3)23-27-13-12-26-20-7-5-6-17(14-20)15-22(24)25;/h5-11,14,16H,4,12-13,15H2,1-3H3,(H,24,25);/q;+1/p-1/b23-21+;. The molecule has 144 valence electrons. The molecule has 2 rings (SSSR count). The van der Waals surface area contributed by atoms with E-state index in [0.717, 1.165) is 17.7 Å². The summed E-state index contributed by atoms with van der Waals surface area (Å²) >= 11 is 0. The second kappa shape index (κ2) is 12.6. The Bertz CT molecular complexity index is 772. The van der Waals surface area contributed by atoms with Crippen LogP contribution in [0.5, 0.6) is 5.75 Å². The van der Waals surface area contributed by atoms with Gasteiger partial charge >= 0.3 is 29.6 Å². The van der Waals surface area contributed by atoms with Crippen molar-refractivity contribution in [2.75, 3.05) is 13.2 Å². The second-order valence-electron chi connectivity index (χ2n) is 6.55. The predicted molar refractivity (Wildman–Crippen MR) is 104 cm³/mol. The topological polar surface area (TPSA) is 71.0 Å². The first-order chi connectivity index (χ1) is 13.0. The van der Waals surface area contributed by atoms with Crippen LogP contribution in [-0.2, 0) is 16.1 Å². The van der Waals surface area contributed by atoms with Gasteiger partial charge in [0, 0.05) is 12.4 Å². The normalized spacial score (nSPS) is 11.1.